The zero-order valence-electron chi connectivity index (χ0n) is 68.9. The number of anilines is 3. The van der Waals surface area contributed by atoms with Gasteiger partial charge in [0, 0.05) is 0 Å². The van der Waals surface area contributed by atoms with Gasteiger partial charge in [0.1, 0.15) is 90.5 Å². The SMILES string of the molecule is CC(C)OC(=O)[C@H](C)CP(=O)(Oc1ccccc1)O[C@@H](C)[C@H]1O[C@@H](n2cnc3c(=O)[nH]c(N)nc32)C(N)(CF)[C@H]1O.CC(C)OC(=O)[C@H](C)C[P@@](=O)(Oc1ccccc1)O[C@@H](C)[C@H]1O[C@@H](n2cnc3c(=O)[nH]c(N)nc32)C(N)(CF)[C@H]1O.CC(C)OC(=O)[C@H](C)C[P@](=O)(Oc1ccccc1)O[C@@H](C)[C@H]1O[C@@H](n2cnc3c(=O)[nH]c(N)nc32)C(N)(CF)[C@H]1O. The summed E-state index contributed by atoms with van der Waals surface area (Å²) in [6, 6.07) is 24.6. The lowest BCUT2D eigenvalue weighted by Gasteiger charge is -2.31. The molecule has 18 N–H and O–H groups in total. The third-order valence-corrected chi connectivity index (χ3v) is 26.1. The lowest BCUT2D eigenvalue weighted by Crippen LogP contribution is -2.57. The van der Waals surface area contributed by atoms with Crippen LogP contribution in [0.4, 0.5) is 31.0 Å². The minimum absolute atomic E-state index is 0.0449. The molecule has 4 unspecified atom stereocenters. The number of carbonyl (C=O) groups excluding carboxylic acids is 3. The molecule has 0 aliphatic carbocycles. The first-order valence-corrected chi connectivity index (χ1v) is 43.9. The van der Waals surface area contributed by atoms with E-state index in [0.717, 1.165) is 0 Å². The standard InChI is InChI=1S/3C25H34FN6O8P/c3*1-13(2)37-22(35)14(3)10-41(36,40-16-8-6-5-7-9-16)39-15(4)18-19(33)25(28,11-26)23(38-18)32-12-29-17-20(32)30-24(27)31-21(17)34/h3*5-9,12-15,18-19,23,33H,10-11,28H2,1-4H3,(H3,27,30,31,34)/t14-,15+,18-,19+,23-,25?,41?;14-,15+,18-,19+,23-,25?,41+;14-,15+,18-,19+,23-,25?,41-/m111/s1. The number of H-pyrrole nitrogens is 3. The van der Waals surface area contributed by atoms with Crippen LogP contribution in [0.5, 0.6) is 17.2 Å². The Morgan fingerprint density at radius 2 is 0.659 bits per heavy atom. The number of aromatic amines is 3. The number of benzene rings is 3. The van der Waals surface area contributed by atoms with Gasteiger partial charge in [-0.25, -0.2) is 41.8 Å². The number of nitrogens with zero attached hydrogens (tertiary/aromatic N) is 9. The van der Waals surface area contributed by atoms with E-state index in [9.17, 15) is 71.0 Å². The summed E-state index contributed by atoms with van der Waals surface area (Å²) in [5.41, 5.74) is 27.5. The number of nitrogen functional groups attached to an aromatic ring is 3. The van der Waals surface area contributed by atoms with Crippen LogP contribution in [0.2, 0.25) is 0 Å². The number of aliphatic hydroxyl groups excluding tert-OH is 3. The first-order chi connectivity index (χ1) is 57.8. The first kappa shape index (κ1) is 95.2. The monoisotopic (exact) mass is 1790 g/mol. The zero-order chi connectivity index (χ0) is 90.3. The molecule has 42 nitrogen and oxygen atoms in total. The number of rotatable bonds is 33. The number of alkyl halides is 3. The average Bonchev–Trinajstić information content (AvgIpc) is 1.59. The van der Waals surface area contributed by atoms with Gasteiger partial charge in [-0.2, -0.15) is 15.0 Å². The molecule has 21 atom stereocenters. The van der Waals surface area contributed by atoms with Crippen LogP contribution in [0.15, 0.2) is 124 Å². The highest BCUT2D eigenvalue weighted by molar-refractivity contribution is 7.55. The van der Waals surface area contributed by atoms with Crippen molar-refractivity contribution in [2.45, 2.75) is 192 Å². The minimum atomic E-state index is -4.13. The summed E-state index contributed by atoms with van der Waals surface area (Å²) in [6.07, 6.45) is -15.6. The van der Waals surface area contributed by atoms with Gasteiger partial charge in [0.15, 0.2) is 52.2 Å². The Bertz CT molecular complexity index is 4980. The molecule has 3 saturated heterocycles. The highest BCUT2D eigenvalue weighted by atomic mass is 31.2. The Labute approximate surface area is 700 Å². The maximum Gasteiger partial charge on any atom is 0.380 e. The molecule has 123 heavy (non-hydrogen) atoms. The number of esters is 3. The van der Waals surface area contributed by atoms with Gasteiger partial charge in [-0.1, -0.05) is 75.4 Å². The molecule has 0 radical (unpaired) electrons. The molecule has 3 aliphatic rings. The second-order valence-electron chi connectivity index (χ2n) is 30.9. The van der Waals surface area contributed by atoms with Crippen molar-refractivity contribution in [2.24, 2.45) is 35.0 Å². The van der Waals surface area contributed by atoms with Crippen LogP contribution in [-0.2, 0) is 70.1 Å². The van der Waals surface area contributed by atoms with Crippen LogP contribution in [0.25, 0.3) is 33.5 Å². The molecule has 6 aromatic heterocycles. The summed E-state index contributed by atoms with van der Waals surface area (Å²) in [6.45, 7) is 15.3. The van der Waals surface area contributed by atoms with Gasteiger partial charge in [-0.15, -0.1) is 0 Å². The predicted molar refractivity (Wildman–Crippen MR) is 438 cm³/mol. The van der Waals surface area contributed by atoms with Crippen LogP contribution in [0, 0.1) is 17.8 Å². The number of aliphatic hydroxyl groups is 3. The highest BCUT2D eigenvalue weighted by Gasteiger charge is 2.61. The summed E-state index contributed by atoms with van der Waals surface area (Å²) in [7, 11) is -12.4. The van der Waals surface area contributed by atoms with E-state index in [4.69, 9.17) is 90.0 Å². The van der Waals surface area contributed by atoms with Gasteiger partial charge < -0.3 is 91.7 Å². The number of nitrogens with two attached hydrogens (primary N) is 6. The van der Waals surface area contributed by atoms with E-state index < -0.39 is 204 Å². The van der Waals surface area contributed by atoms with Gasteiger partial charge in [-0.3, -0.25) is 71.0 Å². The molecule has 0 amide bonds. The van der Waals surface area contributed by atoms with Crippen LogP contribution in [0.1, 0.15) is 102 Å². The van der Waals surface area contributed by atoms with Crippen molar-refractivity contribution in [3.05, 3.63) is 141 Å². The van der Waals surface area contributed by atoms with Crippen molar-refractivity contribution in [3.63, 3.8) is 0 Å². The van der Waals surface area contributed by atoms with Crippen molar-refractivity contribution >= 4 is 92.0 Å². The third-order valence-electron chi connectivity index (χ3n) is 19.7. The Hall–Kier alpha value is -10.1. The molecule has 9 heterocycles. The summed E-state index contributed by atoms with van der Waals surface area (Å²) < 4.78 is 158. The number of ether oxygens (including phenoxy) is 6. The average molecular weight is 1790 g/mol. The number of fused-ring (bicyclic) bond motifs is 3. The van der Waals surface area contributed by atoms with Crippen molar-refractivity contribution < 1.29 is 112 Å². The number of para-hydroxylation sites is 3. The van der Waals surface area contributed by atoms with Crippen LogP contribution < -0.4 is 64.7 Å². The molecule has 3 fully saturated rings. The van der Waals surface area contributed by atoms with E-state index in [0.29, 0.717) is 0 Å². The summed E-state index contributed by atoms with van der Waals surface area (Å²) in [4.78, 5) is 105. The fourth-order valence-electron chi connectivity index (χ4n) is 13.7. The smallest absolute Gasteiger partial charge is 0.380 e. The number of aromatic nitrogens is 12. The summed E-state index contributed by atoms with van der Waals surface area (Å²) >= 11 is 0. The fourth-order valence-corrected chi connectivity index (χ4v) is 20.0. The van der Waals surface area contributed by atoms with Crippen LogP contribution in [-0.4, -0.2) is 220 Å². The normalized spacial score (nSPS) is 25.6. The highest BCUT2D eigenvalue weighted by Crippen LogP contribution is 2.57. The number of imidazole rings is 3. The molecule has 672 valence electrons. The van der Waals surface area contributed by atoms with Crippen LogP contribution in [0.3, 0.4) is 0 Å². The predicted octanol–water partition coefficient (Wildman–Crippen LogP) is 5.68. The van der Waals surface area contributed by atoms with Crippen LogP contribution >= 0.6 is 22.8 Å². The lowest BCUT2D eigenvalue weighted by molar-refractivity contribution is -0.152. The second kappa shape index (κ2) is 39.0. The van der Waals surface area contributed by atoms with Gasteiger partial charge in [0.05, 0.1) is 91.8 Å². The molecule has 12 rings (SSSR count). The molecule has 9 aromatic rings. The maximum absolute atomic E-state index is 14.5. The van der Waals surface area contributed by atoms with Crippen molar-refractivity contribution in [1.82, 2.24) is 58.6 Å². The Morgan fingerprint density at radius 3 is 0.870 bits per heavy atom. The minimum Gasteiger partial charge on any atom is -0.463 e. The van der Waals surface area contributed by atoms with Crippen molar-refractivity contribution in [2.75, 3.05) is 55.7 Å². The molecular weight excluding hydrogens is 1690 g/mol. The van der Waals surface area contributed by atoms with Gasteiger partial charge in [0.2, 0.25) is 17.8 Å². The Kier molecular flexibility index (Phi) is 30.2. The van der Waals surface area contributed by atoms with E-state index in [-0.39, 0.29) is 87.1 Å². The fraction of sp³-hybridized carbons (Fsp3) is 0.520. The summed E-state index contributed by atoms with van der Waals surface area (Å²) in [5.74, 6) is -4.45. The molecule has 0 bridgehead atoms. The number of carbonyl (C=O) groups is 3. The number of halogens is 3. The largest absolute Gasteiger partial charge is 0.463 e. The zero-order valence-corrected chi connectivity index (χ0v) is 71.6. The first-order valence-electron chi connectivity index (χ1n) is 38.7. The molecule has 3 aliphatic heterocycles. The topological polar surface area (TPSA) is 621 Å². The van der Waals surface area contributed by atoms with Crippen molar-refractivity contribution in [1.29, 1.82) is 0 Å². The number of hydrogen-bond acceptors (Lipinski definition) is 36. The van der Waals surface area contributed by atoms with Crippen molar-refractivity contribution in [3.8, 4) is 17.2 Å². The molecule has 3 aromatic carbocycles. The van der Waals surface area contributed by atoms with Gasteiger partial charge in [-0.05, 0) is 98.7 Å². The third kappa shape index (κ3) is 21.5. The molecular formula is C75H102F3N18O24P3. The van der Waals surface area contributed by atoms with E-state index in [1.54, 1.807) is 133 Å². The molecule has 0 saturated carbocycles. The molecule has 48 heteroatoms. The second-order valence-corrected chi connectivity index (χ2v) is 36.9. The van der Waals surface area contributed by atoms with Gasteiger partial charge >= 0.3 is 40.7 Å². The Balaban J connectivity index is 0.000000193. The maximum atomic E-state index is 14.5. The van der Waals surface area contributed by atoms with E-state index in [1.807, 2.05) is 0 Å². The lowest BCUT2D eigenvalue weighted by atomic mass is 9.91. The van der Waals surface area contributed by atoms with E-state index >= 15 is 0 Å². The number of hydrogen-bond donors (Lipinski definition) is 12. The Morgan fingerprint density at radius 1 is 0.431 bits per heavy atom. The quantitative estimate of drug-likeness (QED) is 0.0134. The van der Waals surface area contributed by atoms with E-state index in [2.05, 4.69) is 44.9 Å². The molecule has 0 spiro atoms. The number of nitrogens with one attached hydrogen (secondary N) is 3. The van der Waals surface area contributed by atoms with E-state index in [1.165, 1.54) is 74.2 Å². The summed E-state index contributed by atoms with van der Waals surface area (Å²) in [5, 5.41) is 33.5. The van der Waals surface area contributed by atoms with Gasteiger partial charge in [0.25, 0.3) is 16.7 Å².